The van der Waals surface area contributed by atoms with Crippen LogP contribution in [0.3, 0.4) is 0 Å². The Balaban J connectivity index is 1.33. The number of fused-ring (bicyclic) bond motifs is 1. The van der Waals surface area contributed by atoms with Gasteiger partial charge < -0.3 is 14.2 Å². The van der Waals surface area contributed by atoms with Crippen LogP contribution in [0, 0.1) is 0 Å². The second kappa shape index (κ2) is 10.2. The zero-order chi connectivity index (χ0) is 17.3. The van der Waals surface area contributed by atoms with E-state index in [4.69, 9.17) is 14.2 Å². The van der Waals surface area contributed by atoms with E-state index in [2.05, 4.69) is 42.5 Å². The molecular weight excluding hydrogens is 332 g/mol. The maximum Gasteiger partial charge on any atom is 0.146 e. The maximum absolute atomic E-state index is 6.06. The lowest BCUT2D eigenvalue weighted by atomic mass is 9.95. The van der Waals surface area contributed by atoms with E-state index < -0.39 is 0 Å². The molecule has 25 heavy (non-hydrogen) atoms. The summed E-state index contributed by atoms with van der Waals surface area (Å²) < 4.78 is 16.7. The van der Waals surface area contributed by atoms with Crippen LogP contribution < -0.4 is 0 Å². The number of thioether (sulfide) groups is 1. The molecule has 0 aromatic heterocycles. The first-order valence-electron chi connectivity index (χ1n) is 9.19. The summed E-state index contributed by atoms with van der Waals surface area (Å²) in [7, 11) is 1.67. The summed E-state index contributed by atoms with van der Waals surface area (Å²) in [5.41, 5.74) is 0. The third-order valence-corrected chi connectivity index (χ3v) is 5.85. The van der Waals surface area contributed by atoms with Gasteiger partial charge in [-0.25, -0.2) is 0 Å². The van der Waals surface area contributed by atoms with Crippen LogP contribution in [0.4, 0.5) is 0 Å². The molecule has 3 nitrogen and oxygen atoms in total. The highest BCUT2D eigenvalue weighted by atomic mass is 32.2. The van der Waals surface area contributed by atoms with Crippen molar-refractivity contribution in [2.75, 3.05) is 26.3 Å². The SMILES string of the molecule is COCOC1CCC(OCCCSc2cccc3ccccc23)CC1. The summed E-state index contributed by atoms with van der Waals surface area (Å²) in [6.45, 7) is 1.26. The molecule has 1 aliphatic carbocycles. The Morgan fingerprint density at radius 3 is 2.44 bits per heavy atom. The van der Waals surface area contributed by atoms with Gasteiger partial charge in [0.25, 0.3) is 0 Å². The van der Waals surface area contributed by atoms with Gasteiger partial charge in [-0.3, -0.25) is 0 Å². The number of rotatable bonds is 9. The van der Waals surface area contributed by atoms with Crippen molar-refractivity contribution in [2.45, 2.75) is 49.2 Å². The number of benzene rings is 2. The fraction of sp³-hybridized carbons (Fsp3) is 0.524. The Kier molecular flexibility index (Phi) is 7.61. The molecule has 3 rings (SSSR count). The molecule has 2 aromatic rings. The van der Waals surface area contributed by atoms with Gasteiger partial charge in [-0.15, -0.1) is 11.8 Å². The summed E-state index contributed by atoms with van der Waals surface area (Å²) in [5, 5.41) is 2.67. The second-order valence-electron chi connectivity index (χ2n) is 6.52. The Hall–Kier alpha value is -1.07. The molecule has 0 aliphatic heterocycles. The molecular formula is C21H28O3S. The van der Waals surface area contributed by atoms with Crippen molar-refractivity contribution in [2.24, 2.45) is 0 Å². The molecule has 0 amide bonds. The smallest absolute Gasteiger partial charge is 0.146 e. The topological polar surface area (TPSA) is 27.7 Å². The van der Waals surface area contributed by atoms with E-state index >= 15 is 0 Å². The van der Waals surface area contributed by atoms with Gasteiger partial charge in [0.1, 0.15) is 6.79 Å². The van der Waals surface area contributed by atoms with E-state index in [1.165, 1.54) is 15.7 Å². The molecule has 0 unspecified atom stereocenters. The zero-order valence-corrected chi connectivity index (χ0v) is 15.8. The Labute approximate surface area is 155 Å². The minimum absolute atomic E-state index is 0.349. The largest absolute Gasteiger partial charge is 0.378 e. The molecule has 0 radical (unpaired) electrons. The minimum atomic E-state index is 0.349. The van der Waals surface area contributed by atoms with Crippen LogP contribution in [-0.4, -0.2) is 38.5 Å². The van der Waals surface area contributed by atoms with Crippen LogP contribution in [0.1, 0.15) is 32.1 Å². The van der Waals surface area contributed by atoms with Crippen molar-refractivity contribution in [3.05, 3.63) is 42.5 Å². The first kappa shape index (κ1) is 18.7. The van der Waals surface area contributed by atoms with Crippen LogP contribution >= 0.6 is 11.8 Å². The summed E-state index contributed by atoms with van der Waals surface area (Å²) in [4.78, 5) is 1.37. The Bertz CT molecular complexity index is 633. The molecule has 4 heteroatoms. The Morgan fingerprint density at radius 1 is 0.920 bits per heavy atom. The van der Waals surface area contributed by atoms with E-state index in [-0.39, 0.29) is 0 Å². The highest BCUT2D eigenvalue weighted by Gasteiger charge is 2.21. The van der Waals surface area contributed by atoms with Gasteiger partial charge in [0.2, 0.25) is 0 Å². The molecule has 0 spiro atoms. The third kappa shape index (κ3) is 5.71. The zero-order valence-electron chi connectivity index (χ0n) is 15.0. The van der Waals surface area contributed by atoms with Gasteiger partial charge in [-0.05, 0) is 48.9 Å². The van der Waals surface area contributed by atoms with Gasteiger partial charge in [0.15, 0.2) is 0 Å². The van der Waals surface area contributed by atoms with E-state index in [9.17, 15) is 0 Å². The van der Waals surface area contributed by atoms with Gasteiger partial charge in [0, 0.05) is 24.4 Å². The van der Waals surface area contributed by atoms with E-state index in [0.717, 1.165) is 44.5 Å². The van der Waals surface area contributed by atoms with Gasteiger partial charge in [-0.2, -0.15) is 0 Å². The van der Waals surface area contributed by atoms with Crippen molar-refractivity contribution in [3.8, 4) is 0 Å². The minimum Gasteiger partial charge on any atom is -0.378 e. The molecule has 136 valence electrons. The normalized spacial score (nSPS) is 20.8. The molecule has 0 N–H and O–H groups in total. The highest BCUT2D eigenvalue weighted by Crippen LogP contribution is 2.28. The maximum atomic E-state index is 6.06. The van der Waals surface area contributed by atoms with Crippen LogP contribution in [0.5, 0.6) is 0 Å². The fourth-order valence-corrected chi connectivity index (χ4v) is 4.34. The third-order valence-electron chi connectivity index (χ3n) is 4.69. The lowest BCUT2D eigenvalue weighted by Gasteiger charge is -2.28. The van der Waals surface area contributed by atoms with Gasteiger partial charge in [0.05, 0.1) is 12.2 Å². The first-order chi connectivity index (χ1) is 12.4. The Morgan fingerprint density at radius 2 is 1.64 bits per heavy atom. The van der Waals surface area contributed by atoms with Crippen LogP contribution in [0.15, 0.2) is 47.4 Å². The van der Waals surface area contributed by atoms with Crippen molar-refractivity contribution < 1.29 is 14.2 Å². The van der Waals surface area contributed by atoms with Crippen LogP contribution in [-0.2, 0) is 14.2 Å². The summed E-state index contributed by atoms with van der Waals surface area (Å²) >= 11 is 1.93. The van der Waals surface area contributed by atoms with Crippen molar-refractivity contribution in [1.29, 1.82) is 0 Å². The van der Waals surface area contributed by atoms with Crippen molar-refractivity contribution in [3.63, 3.8) is 0 Å². The highest BCUT2D eigenvalue weighted by molar-refractivity contribution is 7.99. The monoisotopic (exact) mass is 360 g/mol. The van der Waals surface area contributed by atoms with E-state index in [1.807, 2.05) is 11.8 Å². The molecule has 0 bridgehead atoms. The van der Waals surface area contributed by atoms with Gasteiger partial charge in [-0.1, -0.05) is 36.4 Å². The quantitative estimate of drug-likeness (QED) is 0.346. The first-order valence-corrected chi connectivity index (χ1v) is 10.2. The molecule has 0 heterocycles. The number of ether oxygens (including phenoxy) is 3. The molecule has 1 aliphatic rings. The lowest BCUT2D eigenvalue weighted by Crippen LogP contribution is -2.27. The predicted octanol–water partition coefficient (Wildman–Crippen LogP) is 5.27. The summed E-state index contributed by atoms with van der Waals surface area (Å²) in [5.74, 6) is 1.10. The molecule has 0 saturated heterocycles. The van der Waals surface area contributed by atoms with Crippen molar-refractivity contribution >= 4 is 22.5 Å². The van der Waals surface area contributed by atoms with E-state index in [1.54, 1.807) is 7.11 Å². The average molecular weight is 361 g/mol. The summed E-state index contributed by atoms with van der Waals surface area (Å²) in [6.07, 6.45) is 6.22. The second-order valence-corrected chi connectivity index (χ2v) is 7.66. The molecule has 1 saturated carbocycles. The molecule has 0 atom stereocenters. The molecule has 2 aromatic carbocycles. The summed E-state index contributed by atoms with van der Waals surface area (Å²) in [6, 6.07) is 15.1. The van der Waals surface area contributed by atoms with Gasteiger partial charge >= 0.3 is 0 Å². The number of methoxy groups -OCH3 is 1. The fourth-order valence-electron chi connectivity index (χ4n) is 3.34. The number of hydrogen-bond donors (Lipinski definition) is 0. The number of hydrogen-bond acceptors (Lipinski definition) is 4. The standard InChI is InChI=1S/C21H28O3S/c1-22-16-24-19-12-10-18(11-13-19)23-14-5-15-25-21-9-4-7-17-6-2-3-8-20(17)21/h2-4,6-9,18-19H,5,10-16H2,1H3. The van der Waals surface area contributed by atoms with Crippen molar-refractivity contribution in [1.82, 2.24) is 0 Å². The van der Waals surface area contributed by atoms with Crippen LogP contribution in [0.25, 0.3) is 10.8 Å². The lowest BCUT2D eigenvalue weighted by molar-refractivity contribution is -0.0971. The van der Waals surface area contributed by atoms with E-state index in [0.29, 0.717) is 19.0 Å². The average Bonchev–Trinajstić information content (AvgIpc) is 2.67. The molecule has 1 fully saturated rings. The van der Waals surface area contributed by atoms with Crippen LogP contribution in [0.2, 0.25) is 0 Å². The predicted molar refractivity (Wildman–Crippen MR) is 104 cm³/mol.